The molecule has 0 radical (unpaired) electrons. The maximum Gasteiger partial charge on any atom is 0.337 e. The van der Waals surface area contributed by atoms with Crippen LogP contribution in [0.4, 0.5) is 0 Å². The summed E-state index contributed by atoms with van der Waals surface area (Å²) in [5, 5.41) is 0. The number of nitrogens with zero attached hydrogens (tertiary/aromatic N) is 1. The zero-order valence-electron chi connectivity index (χ0n) is 12.7. The minimum absolute atomic E-state index is 0.0815. The van der Waals surface area contributed by atoms with Crippen molar-refractivity contribution in [3.8, 4) is 0 Å². The lowest BCUT2D eigenvalue weighted by atomic mass is 10.2. The van der Waals surface area contributed by atoms with E-state index in [4.69, 9.17) is 0 Å². The first-order valence-electron chi connectivity index (χ1n) is 6.57. The first kappa shape index (κ1) is 18.2. The highest BCUT2D eigenvalue weighted by molar-refractivity contribution is 9.10. The van der Waals surface area contributed by atoms with E-state index < -0.39 is 21.9 Å². The van der Waals surface area contributed by atoms with Crippen LogP contribution in [-0.2, 0) is 21.8 Å². The van der Waals surface area contributed by atoms with Gasteiger partial charge in [-0.3, -0.25) is 10.2 Å². The van der Waals surface area contributed by atoms with Gasteiger partial charge in [0.05, 0.1) is 17.6 Å². The molecule has 1 heterocycles. The van der Waals surface area contributed by atoms with Crippen LogP contribution in [0.15, 0.2) is 45.9 Å². The van der Waals surface area contributed by atoms with E-state index in [-0.39, 0.29) is 16.2 Å². The van der Waals surface area contributed by atoms with Crippen LogP contribution in [0.2, 0.25) is 0 Å². The Bertz CT molecular complexity index is 892. The number of methoxy groups -OCH3 is 1. The molecule has 1 amide bonds. The van der Waals surface area contributed by atoms with Crippen LogP contribution in [0.1, 0.15) is 20.8 Å². The third-order valence-corrected chi connectivity index (χ3v) is 4.75. The van der Waals surface area contributed by atoms with Crippen LogP contribution in [0.25, 0.3) is 0 Å². The van der Waals surface area contributed by atoms with Gasteiger partial charge in [0.2, 0.25) is 0 Å². The number of hydrazine groups is 1. The number of aromatic nitrogens is 1. The monoisotopic (exact) mass is 415 g/mol. The lowest BCUT2D eigenvalue weighted by molar-refractivity contribution is 0.0600. The molecule has 1 aromatic heterocycles. The predicted octanol–water partition coefficient (Wildman–Crippen LogP) is 1.20. The van der Waals surface area contributed by atoms with Gasteiger partial charge in [-0.1, -0.05) is 6.07 Å². The molecule has 0 aliphatic heterocycles. The Labute approximate surface area is 147 Å². The fraction of sp³-hybridized carbons (Fsp3) is 0.143. The third-order valence-electron chi connectivity index (χ3n) is 3.07. The number of nitrogens with one attached hydrogen (secondary N) is 2. The molecule has 8 nitrogen and oxygen atoms in total. The highest BCUT2D eigenvalue weighted by atomic mass is 79.9. The Morgan fingerprint density at radius 1 is 1.25 bits per heavy atom. The SMILES string of the molecule is COC(=O)c1cccc(S(=O)(=O)NNC(=O)c2cc(Br)cn2C)c1. The van der Waals surface area contributed by atoms with E-state index in [1.807, 2.05) is 4.83 Å². The minimum atomic E-state index is -4.04. The summed E-state index contributed by atoms with van der Waals surface area (Å²) in [6.07, 6.45) is 1.66. The van der Waals surface area contributed by atoms with E-state index in [2.05, 4.69) is 26.1 Å². The second-order valence-electron chi connectivity index (χ2n) is 4.73. The Balaban J connectivity index is 2.15. The number of hydrogen-bond donors (Lipinski definition) is 2. The molecule has 0 bridgehead atoms. The second-order valence-corrected chi connectivity index (χ2v) is 7.33. The number of halogens is 1. The number of carbonyl (C=O) groups excluding carboxylic acids is 2. The fourth-order valence-electron chi connectivity index (χ4n) is 1.89. The number of sulfonamides is 1. The van der Waals surface area contributed by atoms with E-state index in [0.717, 1.165) is 6.07 Å². The molecule has 0 saturated heterocycles. The van der Waals surface area contributed by atoms with Gasteiger partial charge in [-0.15, -0.1) is 4.83 Å². The molecule has 128 valence electrons. The van der Waals surface area contributed by atoms with Gasteiger partial charge >= 0.3 is 5.97 Å². The highest BCUT2D eigenvalue weighted by Gasteiger charge is 2.19. The largest absolute Gasteiger partial charge is 0.465 e. The molecule has 10 heteroatoms. The topological polar surface area (TPSA) is 106 Å². The average molecular weight is 416 g/mol. The van der Waals surface area contributed by atoms with Crippen LogP contribution in [0.5, 0.6) is 0 Å². The second kappa shape index (κ2) is 7.16. The summed E-state index contributed by atoms with van der Waals surface area (Å²) < 4.78 is 31.2. The number of rotatable bonds is 5. The lowest BCUT2D eigenvalue weighted by Gasteiger charge is -2.09. The van der Waals surface area contributed by atoms with Crippen molar-refractivity contribution in [1.82, 2.24) is 14.8 Å². The maximum absolute atomic E-state index is 12.2. The quantitative estimate of drug-likeness (QED) is 0.563. The van der Waals surface area contributed by atoms with Gasteiger partial charge in [0, 0.05) is 17.7 Å². The molecule has 24 heavy (non-hydrogen) atoms. The summed E-state index contributed by atoms with van der Waals surface area (Å²) in [4.78, 5) is 25.3. The van der Waals surface area contributed by atoms with Crippen LogP contribution in [0, 0.1) is 0 Å². The first-order chi connectivity index (χ1) is 11.2. The Morgan fingerprint density at radius 2 is 1.96 bits per heavy atom. The van der Waals surface area contributed by atoms with Crippen LogP contribution in [0.3, 0.4) is 0 Å². The van der Waals surface area contributed by atoms with Gasteiger partial charge < -0.3 is 9.30 Å². The summed E-state index contributed by atoms with van der Waals surface area (Å²) in [5.41, 5.74) is 2.46. The number of benzene rings is 1. The number of esters is 1. The maximum atomic E-state index is 12.2. The zero-order chi connectivity index (χ0) is 17.9. The van der Waals surface area contributed by atoms with Gasteiger partial charge in [0.25, 0.3) is 15.9 Å². The zero-order valence-corrected chi connectivity index (χ0v) is 15.1. The predicted molar refractivity (Wildman–Crippen MR) is 88.7 cm³/mol. The molecule has 0 atom stereocenters. The Hall–Kier alpha value is -2.17. The van der Waals surface area contributed by atoms with E-state index >= 15 is 0 Å². The van der Waals surface area contributed by atoms with Gasteiger partial charge in [-0.05, 0) is 40.2 Å². The van der Waals surface area contributed by atoms with E-state index in [1.165, 1.54) is 29.9 Å². The summed E-state index contributed by atoms with van der Waals surface area (Å²) in [7, 11) is -1.20. The van der Waals surface area contributed by atoms with Gasteiger partial charge in [-0.2, -0.15) is 0 Å². The van der Waals surface area contributed by atoms with Crippen molar-refractivity contribution in [2.45, 2.75) is 4.90 Å². The molecule has 0 aliphatic carbocycles. The number of aryl methyl sites for hydroxylation is 1. The van der Waals surface area contributed by atoms with Gasteiger partial charge in [0.15, 0.2) is 0 Å². The minimum Gasteiger partial charge on any atom is -0.465 e. The number of carbonyl (C=O) groups is 2. The van der Waals surface area contributed by atoms with Gasteiger partial charge in [0.1, 0.15) is 5.69 Å². The number of hydrogen-bond acceptors (Lipinski definition) is 5. The van der Waals surface area contributed by atoms with Crippen LogP contribution in [-0.4, -0.2) is 32.0 Å². The summed E-state index contributed by atoms with van der Waals surface area (Å²) in [6, 6.07) is 6.81. The van der Waals surface area contributed by atoms with Crippen molar-refractivity contribution >= 4 is 37.8 Å². The van der Waals surface area contributed by atoms with Crippen molar-refractivity contribution < 1.29 is 22.7 Å². The normalized spacial score (nSPS) is 11.1. The molecule has 0 aliphatic rings. The first-order valence-corrected chi connectivity index (χ1v) is 8.84. The van der Waals surface area contributed by atoms with E-state index in [0.29, 0.717) is 4.47 Å². The lowest BCUT2D eigenvalue weighted by Crippen LogP contribution is -2.42. The fourth-order valence-corrected chi connectivity index (χ4v) is 3.30. The summed E-state index contributed by atoms with van der Waals surface area (Å²) >= 11 is 3.22. The highest BCUT2D eigenvalue weighted by Crippen LogP contribution is 2.14. The number of amides is 1. The average Bonchev–Trinajstić information content (AvgIpc) is 2.90. The van der Waals surface area contributed by atoms with Crippen molar-refractivity contribution in [3.63, 3.8) is 0 Å². The number of ether oxygens (including phenoxy) is 1. The molecule has 0 saturated carbocycles. The molecule has 2 N–H and O–H groups in total. The van der Waals surface area contributed by atoms with Gasteiger partial charge in [-0.25, -0.2) is 13.2 Å². The Kier molecular flexibility index (Phi) is 5.42. The molecule has 1 aromatic carbocycles. The molecule has 2 rings (SSSR count). The molecule has 0 spiro atoms. The van der Waals surface area contributed by atoms with Crippen LogP contribution >= 0.6 is 15.9 Å². The molecular formula is C14H14BrN3O5S. The van der Waals surface area contributed by atoms with E-state index in [1.54, 1.807) is 19.3 Å². The smallest absolute Gasteiger partial charge is 0.337 e. The van der Waals surface area contributed by atoms with Crippen molar-refractivity contribution in [1.29, 1.82) is 0 Å². The van der Waals surface area contributed by atoms with Crippen molar-refractivity contribution in [2.24, 2.45) is 7.05 Å². The Morgan fingerprint density at radius 3 is 2.54 bits per heavy atom. The molecule has 0 unspecified atom stereocenters. The summed E-state index contributed by atoms with van der Waals surface area (Å²) in [5.74, 6) is -1.29. The van der Waals surface area contributed by atoms with Crippen LogP contribution < -0.4 is 10.3 Å². The third kappa shape index (κ3) is 4.02. The molecular weight excluding hydrogens is 402 g/mol. The van der Waals surface area contributed by atoms with Crippen molar-refractivity contribution in [3.05, 3.63) is 52.3 Å². The molecule has 2 aromatic rings. The summed E-state index contributed by atoms with van der Waals surface area (Å²) in [6.45, 7) is 0. The molecule has 0 fully saturated rings. The van der Waals surface area contributed by atoms with E-state index in [9.17, 15) is 18.0 Å². The van der Waals surface area contributed by atoms with Crippen molar-refractivity contribution in [2.75, 3.05) is 7.11 Å². The standard InChI is InChI=1S/C14H14BrN3O5S/c1-18-8-10(15)7-12(18)13(19)16-17-24(21,22)11-5-3-4-9(6-11)14(20)23-2/h3-8,17H,1-2H3,(H,16,19).